The van der Waals surface area contributed by atoms with Crippen molar-refractivity contribution in [3.05, 3.63) is 52.1 Å². The molecule has 0 heterocycles. The fourth-order valence-electron chi connectivity index (χ4n) is 2.02. The van der Waals surface area contributed by atoms with Gasteiger partial charge in [0.25, 0.3) is 5.69 Å². The van der Waals surface area contributed by atoms with Crippen molar-refractivity contribution in [2.75, 3.05) is 18.7 Å². The lowest BCUT2D eigenvalue weighted by atomic mass is 10.1. The van der Waals surface area contributed by atoms with Crippen molar-refractivity contribution < 1.29 is 14.8 Å². The number of nitrogens with zero attached hydrogens (tertiary/aromatic N) is 1. The Labute approximate surface area is 132 Å². The van der Waals surface area contributed by atoms with Gasteiger partial charge in [-0.05, 0) is 30.0 Å². The number of nitro groups is 1. The van der Waals surface area contributed by atoms with Crippen molar-refractivity contribution in [2.45, 2.75) is 11.4 Å². The predicted molar refractivity (Wildman–Crippen MR) is 84.6 cm³/mol. The SMILES string of the molecule is COc1cc(CNc2ccccc2SC)cc([N+](=O)[O-])c1[O-]. The number of anilines is 1. The normalized spacial score (nSPS) is 10.3. The van der Waals surface area contributed by atoms with Gasteiger partial charge in [-0.15, -0.1) is 11.8 Å². The van der Waals surface area contributed by atoms with Gasteiger partial charge in [-0.1, -0.05) is 12.1 Å². The van der Waals surface area contributed by atoms with Gasteiger partial charge in [0.05, 0.1) is 12.0 Å². The molecule has 0 spiro atoms. The van der Waals surface area contributed by atoms with E-state index >= 15 is 0 Å². The minimum Gasteiger partial charge on any atom is -0.865 e. The molecule has 0 aliphatic heterocycles. The third-order valence-electron chi connectivity index (χ3n) is 3.10. The second kappa shape index (κ2) is 7.04. The van der Waals surface area contributed by atoms with Crippen LogP contribution in [0.4, 0.5) is 11.4 Å². The monoisotopic (exact) mass is 319 g/mol. The van der Waals surface area contributed by atoms with E-state index in [2.05, 4.69) is 5.32 Å². The van der Waals surface area contributed by atoms with Crippen LogP contribution in [0.25, 0.3) is 0 Å². The van der Waals surface area contributed by atoms with E-state index in [1.807, 2.05) is 30.5 Å². The molecule has 22 heavy (non-hydrogen) atoms. The first-order chi connectivity index (χ1) is 10.6. The van der Waals surface area contributed by atoms with Crippen LogP contribution in [0.5, 0.6) is 11.5 Å². The molecule has 2 aromatic rings. The second-order valence-electron chi connectivity index (χ2n) is 4.46. The van der Waals surface area contributed by atoms with Crippen molar-refractivity contribution in [2.24, 2.45) is 0 Å². The Balaban J connectivity index is 2.26. The molecule has 2 aromatic carbocycles. The highest BCUT2D eigenvalue weighted by Gasteiger charge is 2.13. The number of ether oxygens (including phenoxy) is 1. The molecule has 7 heteroatoms. The first kappa shape index (κ1) is 16.0. The van der Waals surface area contributed by atoms with Crippen molar-refractivity contribution in [3.63, 3.8) is 0 Å². The van der Waals surface area contributed by atoms with Crippen molar-refractivity contribution in [1.29, 1.82) is 0 Å². The summed E-state index contributed by atoms with van der Waals surface area (Å²) < 4.78 is 4.92. The Kier molecular flexibility index (Phi) is 5.11. The van der Waals surface area contributed by atoms with E-state index in [1.54, 1.807) is 11.8 Å². The molecule has 0 aliphatic carbocycles. The van der Waals surface area contributed by atoms with E-state index in [0.717, 1.165) is 10.6 Å². The van der Waals surface area contributed by atoms with Gasteiger partial charge in [-0.25, -0.2) is 0 Å². The highest BCUT2D eigenvalue weighted by molar-refractivity contribution is 7.98. The van der Waals surface area contributed by atoms with Crippen LogP contribution in [0.15, 0.2) is 41.3 Å². The first-order valence-corrected chi connectivity index (χ1v) is 7.68. The smallest absolute Gasteiger partial charge is 0.265 e. The Bertz CT molecular complexity index is 691. The lowest BCUT2D eigenvalue weighted by Gasteiger charge is -2.15. The molecule has 0 saturated carbocycles. The maximum Gasteiger partial charge on any atom is 0.265 e. The van der Waals surface area contributed by atoms with Gasteiger partial charge in [0.15, 0.2) is 0 Å². The summed E-state index contributed by atoms with van der Waals surface area (Å²) in [6, 6.07) is 10.6. The van der Waals surface area contributed by atoms with Crippen LogP contribution in [0.3, 0.4) is 0 Å². The third kappa shape index (κ3) is 3.43. The average Bonchev–Trinajstić information content (AvgIpc) is 2.53. The van der Waals surface area contributed by atoms with Crippen LogP contribution in [0, 0.1) is 10.1 Å². The molecule has 116 valence electrons. The maximum absolute atomic E-state index is 11.8. The van der Waals surface area contributed by atoms with Crippen LogP contribution in [0.2, 0.25) is 0 Å². The zero-order valence-corrected chi connectivity index (χ0v) is 13.0. The standard InChI is InChI=1S/C15H16N2O4S/c1-21-13-8-10(7-12(15(13)18)17(19)20)9-16-11-5-3-4-6-14(11)22-2/h3-8,16,18H,9H2,1-2H3/p-1. The number of nitro benzene ring substituents is 1. The highest BCUT2D eigenvalue weighted by atomic mass is 32.2. The average molecular weight is 319 g/mol. The van der Waals surface area contributed by atoms with Gasteiger partial charge < -0.3 is 15.2 Å². The number of hydrogen-bond acceptors (Lipinski definition) is 6. The van der Waals surface area contributed by atoms with Gasteiger partial charge in [-0.2, -0.15) is 0 Å². The minimum atomic E-state index is -0.708. The Morgan fingerprint density at radius 2 is 2.05 bits per heavy atom. The zero-order valence-electron chi connectivity index (χ0n) is 12.2. The van der Waals surface area contributed by atoms with Crippen molar-refractivity contribution in [1.82, 2.24) is 0 Å². The second-order valence-corrected chi connectivity index (χ2v) is 5.31. The summed E-state index contributed by atoms with van der Waals surface area (Å²) in [5, 5.41) is 25.9. The van der Waals surface area contributed by atoms with Gasteiger partial charge in [0.2, 0.25) is 0 Å². The summed E-state index contributed by atoms with van der Waals surface area (Å²) in [4.78, 5) is 11.3. The Morgan fingerprint density at radius 3 is 2.68 bits per heavy atom. The molecule has 0 bridgehead atoms. The van der Waals surface area contributed by atoms with Crippen molar-refractivity contribution >= 4 is 23.1 Å². The lowest BCUT2D eigenvalue weighted by molar-refractivity contribution is -0.398. The highest BCUT2D eigenvalue weighted by Crippen LogP contribution is 2.35. The number of rotatable bonds is 6. The van der Waals surface area contributed by atoms with E-state index in [9.17, 15) is 15.2 Å². The predicted octanol–water partition coefficient (Wildman–Crippen LogP) is 3.01. The quantitative estimate of drug-likeness (QED) is 0.500. The molecule has 0 radical (unpaired) electrons. The largest absolute Gasteiger partial charge is 0.865 e. The maximum atomic E-state index is 11.8. The summed E-state index contributed by atoms with van der Waals surface area (Å²) in [6.07, 6.45) is 1.97. The summed E-state index contributed by atoms with van der Waals surface area (Å²) in [5.41, 5.74) is 1.07. The molecule has 0 aliphatic rings. The Hall–Kier alpha value is -2.41. The molecule has 0 saturated heterocycles. The molecular weight excluding hydrogens is 304 g/mol. The number of benzene rings is 2. The molecular formula is C15H15N2O4S-. The molecule has 0 unspecified atom stereocenters. The van der Waals surface area contributed by atoms with Gasteiger partial charge in [-0.3, -0.25) is 10.1 Å². The van der Waals surface area contributed by atoms with E-state index in [1.165, 1.54) is 19.2 Å². The van der Waals surface area contributed by atoms with Gasteiger partial charge >= 0.3 is 0 Å². The molecule has 0 fully saturated rings. The number of hydrogen-bond donors (Lipinski definition) is 1. The fraction of sp³-hybridized carbons (Fsp3) is 0.200. The van der Waals surface area contributed by atoms with Crippen LogP contribution < -0.4 is 15.2 Å². The molecule has 6 nitrogen and oxygen atoms in total. The van der Waals surface area contributed by atoms with Crippen LogP contribution in [-0.4, -0.2) is 18.3 Å². The van der Waals surface area contributed by atoms with E-state index in [-0.39, 0.29) is 5.75 Å². The third-order valence-corrected chi connectivity index (χ3v) is 3.90. The van der Waals surface area contributed by atoms with Gasteiger partial charge in [0.1, 0.15) is 5.75 Å². The minimum absolute atomic E-state index is 0.0239. The van der Waals surface area contributed by atoms with Crippen molar-refractivity contribution in [3.8, 4) is 11.5 Å². The summed E-state index contributed by atoms with van der Waals surface area (Å²) in [5.74, 6) is -0.732. The van der Waals surface area contributed by atoms with E-state index < -0.39 is 16.4 Å². The number of nitrogens with one attached hydrogen (secondary N) is 1. The molecule has 0 atom stereocenters. The summed E-state index contributed by atoms with van der Waals surface area (Å²) in [7, 11) is 1.32. The van der Waals surface area contributed by atoms with E-state index in [4.69, 9.17) is 4.74 Å². The van der Waals surface area contributed by atoms with E-state index in [0.29, 0.717) is 12.1 Å². The fourth-order valence-corrected chi connectivity index (χ4v) is 2.60. The Morgan fingerprint density at radius 1 is 1.32 bits per heavy atom. The molecule has 1 N–H and O–H groups in total. The molecule has 0 amide bonds. The number of methoxy groups -OCH3 is 1. The molecule has 2 rings (SSSR count). The lowest BCUT2D eigenvalue weighted by Crippen LogP contribution is -2.05. The summed E-state index contributed by atoms with van der Waals surface area (Å²) >= 11 is 1.60. The van der Waals surface area contributed by atoms with Gasteiger partial charge in [0, 0.05) is 28.9 Å². The zero-order chi connectivity index (χ0) is 16.1. The summed E-state index contributed by atoms with van der Waals surface area (Å²) in [6.45, 7) is 0.356. The first-order valence-electron chi connectivity index (χ1n) is 6.46. The van der Waals surface area contributed by atoms with Crippen LogP contribution in [0.1, 0.15) is 5.56 Å². The number of thioether (sulfide) groups is 1. The number of para-hydroxylation sites is 1. The van der Waals surface area contributed by atoms with Crippen LogP contribution in [-0.2, 0) is 6.54 Å². The van der Waals surface area contributed by atoms with Crippen LogP contribution >= 0.6 is 11.8 Å². The molecule has 0 aromatic heterocycles. The topological polar surface area (TPSA) is 87.5 Å².